The van der Waals surface area contributed by atoms with Crippen molar-refractivity contribution in [2.75, 3.05) is 0 Å². The van der Waals surface area contributed by atoms with Gasteiger partial charge in [0.1, 0.15) is 0 Å². The van der Waals surface area contributed by atoms with E-state index in [2.05, 4.69) is 0 Å². The SMILES string of the molecule is [Br-].[Fe].[NH4+].[Na].[Na]. The first-order chi connectivity index (χ1) is 0. The fourth-order valence-electron chi connectivity index (χ4n) is 0. The predicted octanol–water partition coefficient (Wildman–Crippen LogP) is -3.38. The molecule has 1 nitrogen and oxygen atoms in total. The van der Waals surface area contributed by atoms with Crippen LogP contribution in [0, 0.1) is 0 Å². The summed E-state index contributed by atoms with van der Waals surface area (Å²) in [6, 6.07) is 0. The standard InChI is InChI=1S/BrH.Fe.H3N.2Na/h1H;;1H3;;. The number of halogens is 1. The van der Waals surface area contributed by atoms with Crippen LogP contribution in [0.15, 0.2) is 0 Å². The molecule has 0 aliphatic rings. The first kappa shape index (κ1) is 44.0. The van der Waals surface area contributed by atoms with Crippen molar-refractivity contribution in [1.82, 2.24) is 6.15 Å². The van der Waals surface area contributed by atoms with Crippen LogP contribution < -0.4 is 23.1 Å². The molecule has 2 radical (unpaired) electrons. The molecular weight excluding hydrogens is 196 g/mol. The Bertz CT molecular complexity index is 9.61. The van der Waals surface area contributed by atoms with Gasteiger partial charge in [-0.1, -0.05) is 0 Å². The molecule has 0 rings (SSSR count). The molecule has 0 saturated heterocycles. The molecule has 4 N–H and O–H groups in total. The molecule has 0 unspecified atom stereocenters. The second-order valence-corrected chi connectivity index (χ2v) is 0. The molecule has 0 aliphatic carbocycles. The molecule has 0 aromatic carbocycles. The zero-order chi connectivity index (χ0) is 0. The summed E-state index contributed by atoms with van der Waals surface area (Å²) in [5.74, 6) is 0. The molecule has 0 aliphatic heterocycles. The third-order valence-corrected chi connectivity index (χ3v) is 0. The van der Waals surface area contributed by atoms with Crippen LogP contribution >= 0.6 is 0 Å². The predicted molar refractivity (Wildman–Crippen MR) is 17.5 cm³/mol. The third kappa shape index (κ3) is 19.5. The van der Waals surface area contributed by atoms with Gasteiger partial charge in [-0.25, -0.2) is 0 Å². The number of rotatable bonds is 0. The second kappa shape index (κ2) is 28.2. The Hall–Kier alpha value is 2.96. The van der Waals surface area contributed by atoms with Crippen molar-refractivity contribution >= 4 is 59.1 Å². The van der Waals surface area contributed by atoms with E-state index in [-0.39, 0.29) is 99.3 Å². The van der Waals surface area contributed by atoms with E-state index in [0.717, 1.165) is 0 Å². The van der Waals surface area contributed by atoms with E-state index >= 15 is 0 Å². The Morgan fingerprint density at radius 3 is 0.800 bits per heavy atom. The van der Waals surface area contributed by atoms with Crippen molar-refractivity contribution in [3.05, 3.63) is 0 Å². The minimum Gasteiger partial charge on any atom is -1.00 e. The summed E-state index contributed by atoms with van der Waals surface area (Å²) in [6.07, 6.45) is 0. The summed E-state index contributed by atoms with van der Waals surface area (Å²) in [4.78, 5) is 0. The van der Waals surface area contributed by atoms with Crippen LogP contribution in [0.5, 0.6) is 0 Å². The van der Waals surface area contributed by atoms with E-state index in [9.17, 15) is 0 Å². The molecule has 0 atom stereocenters. The second-order valence-electron chi connectivity index (χ2n) is 0. The topological polar surface area (TPSA) is 36.5 Å². The Labute approximate surface area is 97.4 Å². The molecule has 5 heteroatoms. The molecule has 0 saturated carbocycles. The summed E-state index contributed by atoms with van der Waals surface area (Å²) in [5.41, 5.74) is 0. The van der Waals surface area contributed by atoms with Gasteiger partial charge in [0.25, 0.3) is 0 Å². The Kier molecular flexibility index (Phi) is 248. The minimum absolute atomic E-state index is 0. The molecule has 0 heterocycles. The molecule has 0 amide bonds. The maximum absolute atomic E-state index is 0. The van der Waals surface area contributed by atoms with Crippen molar-refractivity contribution in [3.63, 3.8) is 0 Å². The zero-order valence-corrected chi connectivity index (χ0v) is 10.4. The summed E-state index contributed by atoms with van der Waals surface area (Å²) < 4.78 is 0. The smallest absolute Gasteiger partial charge is 0 e. The third-order valence-electron chi connectivity index (χ3n) is 0. The van der Waals surface area contributed by atoms with E-state index < -0.39 is 0 Å². The van der Waals surface area contributed by atoms with E-state index in [1.54, 1.807) is 0 Å². The van der Waals surface area contributed by atoms with Crippen molar-refractivity contribution in [3.8, 4) is 0 Å². The van der Waals surface area contributed by atoms with Gasteiger partial charge in [-0.3, -0.25) is 0 Å². The van der Waals surface area contributed by atoms with Crippen molar-refractivity contribution in [2.24, 2.45) is 0 Å². The van der Waals surface area contributed by atoms with Crippen molar-refractivity contribution in [1.29, 1.82) is 0 Å². The van der Waals surface area contributed by atoms with Gasteiger partial charge in [0, 0.05) is 76.2 Å². The van der Waals surface area contributed by atoms with Crippen LogP contribution in [-0.2, 0) is 17.1 Å². The van der Waals surface area contributed by atoms with Gasteiger partial charge in [-0.2, -0.15) is 0 Å². The maximum atomic E-state index is 0. The molecule has 0 spiro atoms. The first-order valence-electron chi connectivity index (χ1n) is 0. The Morgan fingerprint density at radius 1 is 0.800 bits per heavy atom. The van der Waals surface area contributed by atoms with Gasteiger partial charge in [-0.05, 0) is 0 Å². The summed E-state index contributed by atoms with van der Waals surface area (Å²) in [7, 11) is 0. The van der Waals surface area contributed by atoms with E-state index in [4.69, 9.17) is 0 Å². The molecule has 0 aromatic heterocycles. The minimum atomic E-state index is 0. The van der Waals surface area contributed by atoms with E-state index in [1.807, 2.05) is 0 Å². The molecular formula is H4BrFeNNa2. The molecule has 5 heavy (non-hydrogen) atoms. The summed E-state index contributed by atoms with van der Waals surface area (Å²) in [5, 5.41) is 0. The zero-order valence-electron chi connectivity index (χ0n) is 3.73. The number of hydrogen-bond donors (Lipinski definition) is 1. The Morgan fingerprint density at radius 2 is 0.800 bits per heavy atom. The van der Waals surface area contributed by atoms with Gasteiger partial charge in [0.2, 0.25) is 0 Å². The Balaban J connectivity index is 0. The first-order valence-corrected chi connectivity index (χ1v) is 0. The average Bonchev–Trinajstić information content (AvgIpc) is 0. The fraction of sp³-hybridized carbons (Fsp3) is 0. The summed E-state index contributed by atoms with van der Waals surface area (Å²) >= 11 is 0. The van der Waals surface area contributed by atoms with Crippen LogP contribution in [0.3, 0.4) is 0 Å². The van der Waals surface area contributed by atoms with Crippen molar-refractivity contribution < 1.29 is 34.1 Å². The van der Waals surface area contributed by atoms with Gasteiger partial charge < -0.3 is 23.1 Å². The van der Waals surface area contributed by atoms with Crippen LogP contribution in [0.25, 0.3) is 0 Å². The molecule has 0 fully saturated rings. The molecule has 0 aromatic rings. The van der Waals surface area contributed by atoms with Crippen LogP contribution in [0.1, 0.15) is 0 Å². The molecule has 0 bridgehead atoms. The number of hydrogen-bond acceptors (Lipinski definition) is 0. The molecule has 26 valence electrons. The fourth-order valence-corrected chi connectivity index (χ4v) is 0. The maximum Gasteiger partial charge on any atom is 0 e. The van der Waals surface area contributed by atoms with Gasteiger partial charge in [0.15, 0.2) is 0 Å². The monoisotopic (exact) mass is 199 g/mol. The number of quaternary nitrogens is 1. The van der Waals surface area contributed by atoms with Gasteiger partial charge >= 0.3 is 0 Å². The quantitative estimate of drug-likeness (QED) is 0.396. The normalized spacial score (nSPS) is 0. The largest absolute Gasteiger partial charge is 1.00 e. The van der Waals surface area contributed by atoms with Gasteiger partial charge in [-0.15, -0.1) is 0 Å². The van der Waals surface area contributed by atoms with E-state index in [1.165, 1.54) is 0 Å². The van der Waals surface area contributed by atoms with Crippen LogP contribution in [0.2, 0.25) is 0 Å². The van der Waals surface area contributed by atoms with E-state index in [0.29, 0.717) is 0 Å². The van der Waals surface area contributed by atoms with Crippen LogP contribution in [-0.4, -0.2) is 59.1 Å². The average molecular weight is 200 g/mol. The van der Waals surface area contributed by atoms with Gasteiger partial charge in [0.05, 0.1) is 0 Å². The van der Waals surface area contributed by atoms with Crippen LogP contribution in [0.4, 0.5) is 0 Å². The summed E-state index contributed by atoms with van der Waals surface area (Å²) in [6.45, 7) is 0. The van der Waals surface area contributed by atoms with Crippen molar-refractivity contribution in [2.45, 2.75) is 0 Å².